The third-order valence-corrected chi connectivity index (χ3v) is 4.69. The zero-order chi connectivity index (χ0) is 10.8. The summed E-state index contributed by atoms with van der Waals surface area (Å²) in [5.41, 5.74) is 1.17. The molecule has 1 aromatic heterocycles. The van der Waals surface area contributed by atoms with Gasteiger partial charge in [-0.2, -0.15) is 0 Å². The summed E-state index contributed by atoms with van der Waals surface area (Å²) < 4.78 is 0. The van der Waals surface area contributed by atoms with E-state index < -0.39 is 0 Å². The maximum absolute atomic E-state index is 4.56. The molecule has 1 saturated carbocycles. The molecule has 3 unspecified atom stereocenters. The zero-order valence-corrected chi connectivity index (χ0v) is 10.6. The van der Waals surface area contributed by atoms with Gasteiger partial charge in [-0.1, -0.05) is 6.92 Å². The van der Waals surface area contributed by atoms with Crippen molar-refractivity contribution in [1.82, 2.24) is 10.3 Å². The van der Waals surface area contributed by atoms with Crippen LogP contribution in [-0.2, 0) is 6.42 Å². The van der Waals surface area contributed by atoms with Crippen LogP contribution in [0.1, 0.15) is 30.5 Å². The number of nitrogens with zero attached hydrogens (tertiary/aromatic N) is 1. The first-order valence-electron chi connectivity index (χ1n) is 5.79. The van der Waals surface area contributed by atoms with Gasteiger partial charge in [0.15, 0.2) is 0 Å². The van der Waals surface area contributed by atoms with Crippen LogP contribution in [0.4, 0.5) is 0 Å². The van der Waals surface area contributed by atoms with E-state index in [1.54, 1.807) is 0 Å². The average Bonchev–Trinajstić information content (AvgIpc) is 2.76. The molecule has 1 aliphatic rings. The van der Waals surface area contributed by atoms with Crippen molar-refractivity contribution < 1.29 is 0 Å². The highest BCUT2D eigenvalue weighted by atomic mass is 32.1. The lowest BCUT2D eigenvalue weighted by Crippen LogP contribution is -2.29. The Kier molecular flexibility index (Phi) is 3.42. The van der Waals surface area contributed by atoms with Crippen LogP contribution >= 0.6 is 11.3 Å². The lowest BCUT2D eigenvalue weighted by atomic mass is 9.93. The molecular formula is C12H20N2S. The first-order chi connectivity index (χ1) is 7.20. The quantitative estimate of drug-likeness (QED) is 0.853. The molecule has 2 rings (SSSR count). The van der Waals surface area contributed by atoms with E-state index in [2.05, 4.69) is 36.6 Å². The van der Waals surface area contributed by atoms with Gasteiger partial charge in [0.2, 0.25) is 0 Å². The molecule has 0 aliphatic heterocycles. The third-order valence-electron chi connectivity index (χ3n) is 3.70. The molecule has 0 aromatic carbocycles. The molecule has 3 heteroatoms. The van der Waals surface area contributed by atoms with Crippen molar-refractivity contribution in [2.75, 3.05) is 7.05 Å². The van der Waals surface area contributed by atoms with Gasteiger partial charge in [-0.05, 0) is 38.6 Å². The number of thiazole rings is 1. The van der Waals surface area contributed by atoms with E-state index >= 15 is 0 Å². The summed E-state index contributed by atoms with van der Waals surface area (Å²) in [4.78, 5) is 4.56. The summed E-state index contributed by atoms with van der Waals surface area (Å²) in [5.74, 6) is 1.62. The van der Waals surface area contributed by atoms with Crippen LogP contribution in [0.5, 0.6) is 0 Å². The molecule has 3 atom stereocenters. The highest BCUT2D eigenvalue weighted by molar-refractivity contribution is 7.09. The minimum atomic E-state index is 0.719. The fraction of sp³-hybridized carbons (Fsp3) is 0.750. The van der Waals surface area contributed by atoms with E-state index in [1.807, 2.05) is 11.3 Å². The Morgan fingerprint density at radius 3 is 2.87 bits per heavy atom. The molecular weight excluding hydrogens is 204 g/mol. The number of hydrogen-bond donors (Lipinski definition) is 1. The first-order valence-corrected chi connectivity index (χ1v) is 6.67. The second kappa shape index (κ2) is 4.62. The van der Waals surface area contributed by atoms with Crippen molar-refractivity contribution in [3.05, 3.63) is 16.1 Å². The Morgan fingerprint density at radius 1 is 1.53 bits per heavy atom. The summed E-state index contributed by atoms with van der Waals surface area (Å²) in [6.07, 6.45) is 3.86. The fourth-order valence-corrected chi connectivity index (χ4v) is 3.53. The van der Waals surface area contributed by atoms with Crippen molar-refractivity contribution in [1.29, 1.82) is 0 Å². The predicted molar refractivity (Wildman–Crippen MR) is 65.3 cm³/mol. The Labute approximate surface area is 96.1 Å². The monoisotopic (exact) mass is 224 g/mol. The minimum Gasteiger partial charge on any atom is -0.317 e. The van der Waals surface area contributed by atoms with Crippen LogP contribution in [0, 0.1) is 18.8 Å². The van der Waals surface area contributed by atoms with E-state index in [1.165, 1.54) is 30.0 Å². The van der Waals surface area contributed by atoms with E-state index in [0.717, 1.165) is 17.9 Å². The molecule has 0 bridgehead atoms. The molecule has 0 saturated heterocycles. The molecule has 0 radical (unpaired) electrons. The normalized spacial score (nSPS) is 31.0. The van der Waals surface area contributed by atoms with Crippen LogP contribution in [0.2, 0.25) is 0 Å². The minimum absolute atomic E-state index is 0.719. The summed E-state index contributed by atoms with van der Waals surface area (Å²) in [5, 5.41) is 6.90. The van der Waals surface area contributed by atoms with Gasteiger partial charge in [-0.15, -0.1) is 11.3 Å². The smallest absolute Gasteiger partial charge is 0.0930 e. The van der Waals surface area contributed by atoms with E-state index in [-0.39, 0.29) is 0 Å². The summed E-state index contributed by atoms with van der Waals surface area (Å²) in [6, 6.07) is 0.719. The molecule has 0 spiro atoms. The summed E-state index contributed by atoms with van der Waals surface area (Å²) in [6.45, 7) is 4.45. The lowest BCUT2D eigenvalue weighted by Gasteiger charge is -2.19. The molecule has 1 N–H and O–H groups in total. The molecule has 1 aromatic rings. The molecule has 84 valence electrons. The van der Waals surface area contributed by atoms with Crippen molar-refractivity contribution in [3.8, 4) is 0 Å². The lowest BCUT2D eigenvalue weighted by molar-refractivity contribution is 0.363. The number of rotatable bonds is 3. The summed E-state index contributed by atoms with van der Waals surface area (Å²) in [7, 11) is 2.08. The average molecular weight is 224 g/mol. The largest absolute Gasteiger partial charge is 0.317 e. The predicted octanol–water partition coefficient (Wildman–Crippen LogP) is 2.63. The van der Waals surface area contributed by atoms with E-state index in [4.69, 9.17) is 0 Å². The van der Waals surface area contributed by atoms with Crippen molar-refractivity contribution >= 4 is 11.3 Å². The highest BCUT2D eigenvalue weighted by Gasteiger charge is 2.31. The third kappa shape index (κ3) is 2.40. The van der Waals surface area contributed by atoms with Gasteiger partial charge in [-0.25, -0.2) is 4.98 Å². The first kappa shape index (κ1) is 11.1. The van der Waals surface area contributed by atoms with Gasteiger partial charge in [0.25, 0.3) is 0 Å². The van der Waals surface area contributed by atoms with Gasteiger partial charge in [0.1, 0.15) is 0 Å². The Bertz CT molecular complexity index is 321. The standard InChI is InChI=1S/C12H20N2S/c1-8-7-15-12(14-8)6-10-4-5-11(13-3)9(10)2/h7,9-11,13H,4-6H2,1-3H3. The van der Waals surface area contributed by atoms with Crippen molar-refractivity contribution in [2.24, 2.45) is 11.8 Å². The van der Waals surface area contributed by atoms with Gasteiger partial charge in [0, 0.05) is 23.5 Å². The van der Waals surface area contributed by atoms with Crippen LogP contribution in [-0.4, -0.2) is 18.1 Å². The number of aryl methyl sites for hydroxylation is 1. The van der Waals surface area contributed by atoms with Crippen LogP contribution in [0.3, 0.4) is 0 Å². The van der Waals surface area contributed by atoms with Crippen molar-refractivity contribution in [2.45, 2.75) is 39.2 Å². The number of aromatic nitrogens is 1. The van der Waals surface area contributed by atoms with E-state index in [9.17, 15) is 0 Å². The summed E-state index contributed by atoms with van der Waals surface area (Å²) >= 11 is 1.82. The Morgan fingerprint density at radius 2 is 2.33 bits per heavy atom. The molecule has 1 fully saturated rings. The highest BCUT2D eigenvalue weighted by Crippen LogP contribution is 2.34. The Hall–Kier alpha value is -0.410. The SMILES string of the molecule is CNC1CCC(Cc2nc(C)cs2)C1C. The maximum Gasteiger partial charge on any atom is 0.0930 e. The van der Waals surface area contributed by atoms with Gasteiger partial charge < -0.3 is 5.32 Å². The van der Waals surface area contributed by atoms with Crippen LogP contribution < -0.4 is 5.32 Å². The molecule has 0 amide bonds. The second-order valence-corrected chi connectivity index (χ2v) is 5.62. The maximum atomic E-state index is 4.56. The van der Waals surface area contributed by atoms with Crippen LogP contribution in [0.25, 0.3) is 0 Å². The Balaban J connectivity index is 1.96. The van der Waals surface area contributed by atoms with Gasteiger partial charge in [0.05, 0.1) is 5.01 Å². The molecule has 1 aliphatic carbocycles. The number of nitrogens with one attached hydrogen (secondary N) is 1. The molecule has 2 nitrogen and oxygen atoms in total. The second-order valence-electron chi connectivity index (χ2n) is 4.68. The van der Waals surface area contributed by atoms with E-state index in [0.29, 0.717) is 0 Å². The van der Waals surface area contributed by atoms with Crippen molar-refractivity contribution in [3.63, 3.8) is 0 Å². The zero-order valence-electron chi connectivity index (χ0n) is 9.79. The van der Waals surface area contributed by atoms with Gasteiger partial charge >= 0.3 is 0 Å². The van der Waals surface area contributed by atoms with Gasteiger partial charge in [-0.3, -0.25) is 0 Å². The topological polar surface area (TPSA) is 24.9 Å². The van der Waals surface area contributed by atoms with Crippen LogP contribution in [0.15, 0.2) is 5.38 Å². The molecule has 1 heterocycles. The molecule has 15 heavy (non-hydrogen) atoms. The fourth-order valence-electron chi connectivity index (χ4n) is 2.66. The number of hydrogen-bond acceptors (Lipinski definition) is 3.